The molecule has 0 saturated heterocycles. The minimum atomic E-state index is 0.645. The first-order valence-electron chi connectivity index (χ1n) is 4.19. The summed E-state index contributed by atoms with van der Waals surface area (Å²) in [6.07, 6.45) is 1.69. The van der Waals surface area contributed by atoms with Crippen LogP contribution in [0.3, 0.4) is 0 Å². The maximum Gasteiger partial charge on any atom is 0.0991 e. The molecule has 68 valence electrons. The molecule has 4 heteroatoms. The van der Waals surface area contributed by atoms with Crippen molar-refractivity contribution in [2.75, 3.05) is 0 Å². The molecule has 1 aromatic carbocycles. The predicted octanol–water partition coefficient (Wildman–Crippen LogP) is 1.45. The molecular formula is C10H8N4. The Hall–Kier alpha value is -2.15. The van der Waals surface area contributed by atoms with Crippen molar-refractivity contribution < 1.29 is 0 Å². The van der Waals surface area contributed by atoms with Gasteiger partial charge in [-0.15, -0.1) is 5.10 Å². The highest BCUT2D eigenvalue weighted by Gasteiger charge is 2.00. The number of rotatable bonds is 1. The van der Waals surface area contributed by atoms with E-state index in [1.54, 1.807) is 23.0 Å². The molecule has 0 spiro atoms. The van der Waals surface area contributed by atoms with E-state index in [2.05, 4.69) is 16.4 Å². The Kier molecular flexibility index (Phi) is 1.99. The van der Waals surface area contributed by atoms with Crippen LogP contribution in [-0.2, 0) is 0 Å². The molecule has 0 atom stereocenters. The van der Waals surface area contributed by atoms with E-state index in [-0.39, 0.29) is 0 Å². The zero-order chi connectivity index (χ0) is 9.97. The number of nitrogens with zero attached hydrogens (tertiary/aromatic N) is 4. The molecule has 1 heterocycles. The zero-order valence-electron chi connectivity index (χ0n) is 7.68. The Balaban J connectivity index is 2.45. The minimum absolute atomic E-state index is 0.645. The van der Waals surface area contributed by atoms with Gasteiger partial charge in [-0.1, -0.05) is 5.21 Å². The molecule has 4 nitrogen and oxygen atoms in total. The summed E-state index contributed by atoms with van der Waals surface area (Å²) in [5.41, 5.74) is 2.53. The van der Waals surface area contributed by atoms with Gasteiger partial charge in [-0.05, 0) is 31.2 Å². The van der Waals surface area contributed by atoms with Crippen molar-refractivity contribution in [3.05, 3.63) is 41.7 Å². The molecule has 0 unspecified atom stereocenters. The van der Waals surface area contributed by atoms with Crippen LogP contribution in [0.15, 0.2) is 30.5 Å². The summed E-state index contributed by atoms with van der Waals surface area (Å²) >= 11 is 0. The van der Waals surface area contributed by atoms with Crippen LogP contribution in [-0.4, -0.2) is 15.0 Å². The van der Waals surface area contributed by atoms with Crippen molar-refractivity contribution in [1.82, 2.24) is 15.0 Å². The van der Waals surface area contributed by atoms with E-state index in [4.69, 9.17) is 5.26 Å². The lowest BCUT2D eigenvalue weighted by Crippen LogP contribution is -1.98. The molecule has 0 fully saturated rings. The average Bonchev–Trinajstić information content (AvgIpc) is 2.65. The molecule has 2 rings (SSSR count). The van der Waals surface area contributed by atoms with E-state index >= 15 is 0 Å². The SMILES string of the molecule is Cc1cnnn1-c1ccc(C#N)cc1. The van der Waals surface area contributed by atoms with Crippen LogP contribution in [0.5, 0.6) is 0 Å². The molecule has 0 aliphatic carbocycles. The van der Waals surface area contributed by atoms with Crippen molar-refractivity contribution in [3.63, 3.8) is 0 Å². The maximum absolute atomic E-state index is 8.63. The second kappa shape index (κ2) is 3.30. The van der Waals surface area contributed by atoms with Crippen LogP contribution in [0.25, 0.3) is 5.69 Å². The van der Waals surface area contributed by atoms with E-state index in [1.807, 2.05) is 19.1 Å². The fourth-order valence-electron chi connectivity index (χ4n) is 1.22. The first-order chi connectivity index (χ1) is 6.81. The molecule has 0 aliphatic rings. The summed E-state index contributed by atoms with van der Waals surface area (Å²) in [5.74, 6) is 0. The monoisotopic (exact) mass is 184 g/mol. The number of nitriles is 1. The highest BCUT2D eigenvalue weighted by atomic mass is 15.4. The van der Waals surface area contributed by atoms with Gasteiger partial charge in [0.15, 0.2) is 0 Å². The largest absolute Gasteiger partial charge is 0.218 e. The van der Waals surface area contributed by atoms with Gasteiger partial charge in [0, 0.05) is 0 Å². The molecule has 0 N–H and O–H groups in total. The highest BCUT2D eigenvalue weighted by molar-refractivity contribution is 5.39. The van der Waals surface area contributed by atoms with Crippen LogP contribution in [0.2, 0.25) is 0 Å². The van der Waals surface area contributed by atoms with E-state index in [9.17, 15) is 0 Å². The lowest BCUT2D eigenvalue weighted by molar-refractivity contribution is 0.785. The summed E-state index contributed by atoms with van der Waals surface area (Å²) in [6, 6.07) is 9.28. The van der Waals surface area contributed by atoms with E-state index in [1.165, 1.54) is 0 Å². The Labute approximate surface area is 81.4 Å². The molecular weight excluding hydrogens is 176 g/mol. The molecule has 0 saturated carbocycles. The fraction of sp³-hybridized carbons (Fsp3) is 0.100. The molecule has 0 amide bonds. The third-order valence-electron chi connectivity index (χ3n) is 1.96. The Bertz CT molecular complexity index is 476. The predicted molar refractivity (Wildman–Crippen MR) is 50.8 cm³/mol. The van der Waals surface area contributed by atoms with Crippen molar-refractivity contribution in [1.29, 1.82) is 5.26 Å². The smallest absolute Gasteiger partial charge is 0.0991 e. The van der Waals surface area contributed by atoms with Gasteiger partial charge in [0.1, 0.15) is 0 Å². The third-order valence-corrected chi connectivity index (χ3v) is 1.96. The summed E-state index contributed by atoms with van der Waals surface area (Å²) in [7, 11) is 0. The van der Waals surface area contributed by atoms with Crippen LogP contribution < -0.4 is 0 Å². The standard InChI is InChI=1S/C10H8N4/c1-8-7-12-13-14(8)10-4-2-9(6-11)3-5-10/h2-5,7H,1H3. The number of hydrogen-bond acceptors (Lipinski definition) is 3. The molecule has 1 aromatic heterocycles. The molecule has 14 heavy (non-hydrogen) atoms. The fourth-order valence-corrected chi connectivity index (χ4v) is 1.22. The first-order valence-corrected chi connectivity index (χ1v) is 4.19. The second-order valence-corrected chi connectivity index (χ2v) is 2.95. The molecule has 0 aliphatic heterocycles. The quantitative estimate of drug-likeness (QED) is 0.674. The van der Waals surface area contributed by atoms with Gasteiger partial charge in [-0.25, -0.2) is 4.68 Å². The molecule has 2 aromatic rings. The number of aryl methyl sites for hydroxylation is 1. The van der Waals surface area contributed by atoms with Crippen LogP contribution in [0.4, 0.5) is 0 Å². The lowest BCUT2D eigenvalue weighted by Gasteiger charge is -2.01. The van der Waals surface area contributed by atoms with Crippen molar-refractivity contribution in [3.8, 4) is 11.8 Å². The second-order valence-electron chi connectivity index (χ2n) is 2.95. The zero-order valence-corrected chi connectivity index (χ0v) is 7.68. The van der Waals surface area contributed by atoms with Crippen molar-refractivity contribution >= 4 is 0 Å². The number of hydrogen-bond donors (Lipinski definition) is 0. The summed E-state index contributed by atoms with van der Waals surface area (Å²) in [4.78, 5) is 0. The van der Waals surface area contributed by atoms with Crippen molar-refractivity contribution in [2.45, 2.75) is 6.92 Å². The van der Waals surface area contributed by atoms with Gasteiger partial charge in [-0.2, -0.15) is 5.26 Å². The number of benzene rings is 1. The van der Waals surface area contributed by atoms with Gasteiger partial charge in [0.2, 0.25) is 0 Å². The Morgan fingerprint density at radius 1 is 1.29 bits per heavy atom. The van der Waals surface area contributed by atoms with Crippen molar-refractivity contribution in [2.24, 2.45) is 0 Å². The summed E-state index contributed by atoms with van der Waals surface area (Å²) < 4.78 is 1.72. The van der Waals surface area contributed by atoms with Crippen LogP contribution in [0, 0.1) is 18.3 Å². The average molecular weight is 184 g/mol. The third kappa shape index (κ3) is 1.36. The normalized spacial score (nSPS) is 9.71. The van der Waals surface area contributed by atoms with Gasteiger partial charge in [-0.3, -0.25) is 0 Å². The van der Waals surface area contributed by atoms with Gasteiger partial charge in [0.25, 0.3) is 0 Å². The highest BCUT2D eigenvalue weighted by Crippen LogP contribution is 2.09. The maximum atomic E-state index is 8.63. The van der Waals surface area contributed by atoms with Crippen LogP contribution >= 0.6 is 0 Å². The van der Waals surface area contributed by atoms with E-state index in [0.717, 1.165) is 11.4 Å². The first kappa shape index (κ1) is 8.45. The summed E-state index contributed by atoms with van der Waals surface area (Å²) in [5, 5.41) is 16.3. The summed E-state index contributed by atoms with van der Waals surface area (Å²) in [6.45, 7) is 1.93. The number of aromatic nitrogens is 3. The van der Waals surface area contributed by atoms with Gasteiger partial charge in [0.05, 0.1) is 29.2 Å². The topological polar surface area (TPSA) is 54.5 Å². The van der Waals surface area contributed by atoms with E-state index in [0.29, 0.717) is 5.56 Å². The Morgan fingerprint density at radius 3 is 2.50 bits per heavy atom. The van der Waals surface area contributed by atoms with E-state index < -0.39 is 0 Å². The van der Waals surface area contributed by atoms with Crippen LogP contribution in [0.1, 0.15) is 11.3 Å². The Morgan fingerprint density at radius 2 is 2.00 bits per heavy atom. The lowest BCUT2D eigenvalue weighted by atomic mass is 10.2. The van der Waals surface area contributed by atoms with Gasteiger partial charge >= 0.3 is 0 Å². The minimum Gasteiger partial charge on any atom is -0.218 e. The van der Waals surface area contributed by atoms with Gasteiger partial charge < -0.3 is 0 Å². The molecule has 0 bridgehead atoms. The molecule has 0 radical (unpaired) electrons.